The number of hydrogen-bond donors (Lipinski definition) is 1. The maximum atomic E-state index is 13.3. The number of hydrogen-bond acceptors (Lipinski definition) is 2. The van der Waals surface area contributed by atoms with Gasteiger partial charge in [0.1, 0.15) is 5.82 Å². The van der Waals surface area contributed by atoms with Gasteiger partial charge in [0, 0.05) is 13.2 Å². The number of aryl methyl sites for hydroxylation is 1. The molecule has 0 radical (unpaired) electrons. The molecule has 3 heteroatoms. The molecule has 0 bridgehead atoms. The molecule has 1 atom stereocenters. The van der Waals surface area contributed by atoms with Crippen LogP contribution in [-0.2, 0) is 11.2 Å². The maximum absolute atomic E-state index is 13.3. The van der Waals surface area contributed by atoms with Crippen molar-refractivity contribution >= 4 is 0 Å². The highest BCUT2D eigenvalue weighted by Gasteiger charge is 2.19. The molecule has 0 aliphatic carbocycles. The van der Waals surface area contributed by atoms with Gasteiger partial charge in [0.2, 0.25) is 0 Å². The lowest BCUT2D eigenvalue weighted by Gasteiger charge is -2.18. The van der Waals surface area contributed by atoms with Crippen LogP contribution in [-0.4, -0.2) is 19.7 Å². The molecule has 0 unspecified atom stereocenters. The van der Waals surface area contributed by atoms with Gasteiger partial charge in [-0.2, -0.15) is 0 Å². The third-order valence-electron chi connectivity index (χ3n) is 3.12. The molecule has 0 saturated heterocycles. The van der Waals surface area contributed by atoms with Gasteiger partial charge in [-0.3, -0.25) is 0 Å². The van der Waals surface area contributed by atoms with E-state index in [0.717, 1.165) is 44.5 Å². The molecule has 1 aliphatic heterocycles. The summed E-state index contributed by atoms with van der Waals surface area (Å²) in [4.78, 5) is 0. The fourth-order valence-electron chi connectivity index (χ4n) is 2.25. The van der Waals surface area contributed by atoms with Crippen molar-refractivity contribution in [3.63, 3.8) is 0 Å². The summed E-state index contributed by atoms with van der Waals surface area (Å²) >= 11 is 0. The Hall–Kier alpha value is -0.930. The van der Waals surface area contributed by atoms with Crippen LogP contribution in [0.3, 0.4) is 0 Å². The molecule has 1 aromatic rings. The minimum absolute atomic E-state index is 0.00486. The van der Waals surface area contributed by atoms with Crippen LogP contribution < -0.4 is 5.32 Å². The third kappa shape index (κ3) is 3.27. The molecule has 1 N–H and O–H groups in total. The number of rotatable bonds is 4. The largest absolute Gasteiger partial charge is 0.372 e. The third-order valence-corrected chi connectivity index (χ3v) is 3.12. The van der Waals surface area contributed by atoms with Gasteiger partial charge in [0.25, 0.3) is 0 Å². The molecular formula is C14H20FNO. The zero-order valence-electron chi connectivity index (χ0n) is 10.3. The fraction of sp³-hybridized carbons (Fsp3) is 0.571. The Bertz CT molecular complexity index is 367. The Morgan fingerprint density at radius 3 is 3.18 bits per heavy atom. The number of fused-ring (bicyclic) bond motifs is 1. The number of ether oxygens (including phenoxy) is 1. The number of halogens is 1. The van der Waals surface area contributed by atoms with Crippen LogP contribution in [0.1, 0.15) is 37.0 Å². The van der Waals surface area contributed by atoms with E-state index < -0.39 is 0 Å². The molecular weight excluding hydrogens is 217 g/mol. The zero-order chi connectivity index (χ0) is 12.1. The van der Waals surface area contributed by atoms with Gasteiger partial charge >= 0.3 is 0 Å². The summed E-state index contributed by atoms with van der Waals surface area (Å²) in [6, 6.07) is 5.06. The van der Waals surface area contributed by atoms with Crippen molar-refractivity contribution in [1.82, 2.24) is 5.32 Å². The lowest BCUT2D eigenvalue weighted by molar-refractivity contribution is 0.0565. The van der Waals surface area contributed by atoms with Gasteiger partial charge in [-0.15, -0.1) is 0 Å². The SMILES string of the molecule is CCCNC[C@@H]1OCCCc2ccc(F)cc21. The van der Waals surface area contributed by atoms with Crippen molar-refractivity contribution in [3.05, 3.63) is 35.1 Å². The highest BCUT2D eigenvalue weighted by atomic mass is 19.1. The van der Waals surface area contributed by atoms with Gasteiger partial charge < -0.3 is 10.1 Å². The Morgan fingerprint density at radius 2 is 2.35 bits per heavy atom. The van der Waals surface area contributed by atoms with E-state index in [-0.39, 0.29) is 11.9 Å². The summed E-state index contributed by atoms with van der Waals surface area (Å²) in [5.41, 5.74) is 2.25. The predicted octanol–water partition coefficient (Wildman–Crippen LogP) is 2.83. The molecule has 1 aromatic carbocycles. The molecule has 2 rings (SSSR count). The van der Waals surface area contributed by atoms with E-state index in [1.807, 2.05) is 6.07 Å². The molecule has 17 heavy (non-hydrogen) atoms. The molecule has 94 valence electrons. The average molecular weight is 237 g/mol. The second-order valence-corrected chi connectivity index (χ2v) is 4.51. The molecule has 1 aliphatic rings. The van der Waals surface area contributed by atoms with E-state index >= 15 is 0 Å². The standard InChI is InChI=1S/C14H20FNO/c1-2-7-16-10-14-13-9-12(15)6-5-11(13)4-3-8-17-14/h5-6,9,14,16H,2-4,7-8,10H2,1H3/t14-/m0/s1. The van der Waals surface area contributed by atoms with Crippen LogP contribution in [0.2, 0.25) is 0 Å². The minimum Gasteiger partial charge on any atom is -0.372 e. The first-order chi connectivity index (χ1) is 8.31. The van der Waals surface area contributed by atoms with Crippen LogP contribution in [0.25, 0.3) is 0 Å². The highest BCUT2D eigenvalue weighted by Crippen LogP contribution is 2.26. The van der Waals surface area contributed by atoms with Crippen molar-refractivity contribution in [3.8, 4) is 0 Å². The fourth-order valence-corrected chi connectivity index (χ4v) is 2.25. The normalized spacial score (nSPS) is 19.8. The quantitative estimate of drug-likeness (QED) is 0.813. The van der Waals surface area contributed by atoms with Gasteiger partial charge in [-0.1, -0.05) is 13.0 Å². The first kappa shape index (κ1) is 12.5. The molecule has 0 fully saturated rings. The first-order valence-corrected chi connectivity index (χ1v) is 6.42. The van der Waals surface area contributed by atoms with Crippen LogP contribution in [0.15, 0.2) is 18.2 Å². The summed E-state index contributed by atoms with van der Waals surface area (Å²) in [6.07, 6.45) is 3.10. The van der Waals surface area contributed by atoms with Crippen molar-refractivity contribution in [2.45, 2.75) is 32.3 Å². The number of nitrogens with one attached hydrogen (secondary N) is 1. The minimum atomic E-state index is -0.172. The lowest BCUT2D eigenvalue weighted by Crippen LogP contribution is -2.24. The Balaban J connectivity index is 2.13. The van der Waals surface area contributed by atoms with Crippen molar-refractivity contribution in [2.75, 3.05) is 19.7 Å². The Labute approximate surface area is 102 Å². The van der Waals surface area contributed by atoms with Crippen LogP contribution in [0.5, 0.6) is 0 Å². The number of benzene rings is 1. The van der Waals surface area contributed by atoms with E-state index in [1.165, 1.54) is 5.56 Å². The van der Waals surface area contributed by atoms with Crippen molar-refractivity contribution < 1.29 is 9.13 Å². The zero-order valence-corrected chi connectivity index (χ0v) is 10.3. The molecule has 0 amide bonds. The summed E-state index contributed by atoms with van der Waals surface area (Å²) in [7, 11) is 0. The van der Waals surface area contributed by atoms with Crippen molar-refractivity contribution in [2.24, 2.45) is 0 Å². The van der Waals surface area contributed by atoms with E-state index in [4.69, 9.17) is 4.74 Å². The summed E-state index contributed by atoms with van der Waals surface area (Å²) < 4.78 is 19.1. The van der Waals surface area contributed by atoms with Crippen LogP contribution in [0, 0.1) is 5.82 Å². The Morgan fingerprint density at radius 1 is 1.47 bits per heavy atom. The van der Waals surface area contributed by atoms with Gasteiger partial charge in [-0.05, 0) is 49.1 Å². The second kappa shape index (κ2) is 6.12. The lowest BCUT2D eigenvalue weighted by atomic mass is 9.99. The molecule has 0 spiro atoms. The van der Waals surface area contributed by atoms with E-state index in [2.05, 4.69) is 12.2 Å². The van der Waals surface area contributed by atoms with Gasteiger partial charge in [0.05, 0.1) is 6.10 Å². The highest BCUT2D eigenvalue weighted by molar-refractivity contribution is 5.31. The smallest absolute Gasteiger partial charge is 0.123 e. The van der Waals surface area contributed by atoms with Crippen LogP contribution >= 0.6 is 0 Å². The van der Waals surface area contributed by atoms with Gasteiger partial charge in [-0.25, -0.2) is 4.39 Å². The van der Waals surface area contributed by atoms with E-state index in [1.54, 1.807) is 12.1 Å². The topological polar surface area (TPSA) is 21.3 Å². The summed E-state index contributed by atoms with van der Waals surface area (Å²) in [5.74, 6) is -0.172. The molecule has 1 heterocycles. The molecule has 2 nitrogen and oxygen atoms in total. The van der Waals surface area contributed by atoms with Crippen molar-refractivity contribution in [1.29, 1.82) is 0 Å². The Kier molecular flexibility index (Phi) is 4.51. The second-order valence-electron chi connectivity index (χ2n) is 4.51. The maximum Gasteiger partial charge on any atom is 0.123 e. The monoisotopic (exact) mass is 237 g/mol. The average Bonchev–Trinajstić information content (AvgIpc) is 2.52. The van der Waals surface area contributed by atoms with Gasteiger partial charge in [0.15, 0.2) is 0 Å². The van der Waals surface area contributed by atoms with Crippen LogP contribution in [0.4, 0.5) is 4.39 Å². The van der Waals surface area contributed by atoms with E-state index in [9.17, 15) is 4.39 Å². The predicted molar refractivity (Wildman–Crippen MR) is 66.6 cm³/mol. The molecule has 0 saturated carbocycles. The van der Waals surface area contributed by atoms with E-state index in [0.29, 0.717) is 0 Å². The first-order valence-electron chi connectivity index (χ1n) is 6.42. The summed E-state index contributed by atoms with van der Waals surface area (Å²) in [5, 5.41) is 3.35. The molecule has 0 aromatic heterocycles. The summed E-state index contributed by atoms with van der Waals surface area (Å²) in [6.45, 7) is 4.64.